The third-order valence-electron chi connectivity index (χ3n) is 12.1. The summed E-state index contributed by atoms with van der Waals surface area (Å²) in [5.41, 5.74) is 8.87. The molecule has 3 aromatic carbocycles. The first-order valence-corrected chi connectivity index (χ1v) is 19.4. The number of rotatable bonds is 11. The molecular formula is C44H46N6O5. The van der Waals surface area contributed by atoms with E-state index < -0.39 is 23.8 Å². The Bertz CT molecular complexity index is 2200. The van der Waals surface area contributed by atoms with Crippen molar-refractivity contribution in [1.29, 1.82) is 0 Å². The molecule has 2 saturated heterocycles. The zero-order valence-corrected chi connectivity index (χ0v) is 31.7. The minimum absolute atomic E-state index is 0.0990. The van der Waals surface area contributed by atoms with Gasteiger partial charge in [-0.15, -0.1) is 0 Å². The number of benzene rings is 3. The normalized spacial score (nSPS) is 19.7. The highest BCUT2D eigenvalue weighted by molar-refractivity contribution is 6.23. The number of fused-ring (bicyclic) bond motifs is 1. The molecule has 8 rings (SSSR count). The fourth-order valence-corrected chi connectivity index (χ4v) is 8.66. The molecule has 1 N–H and O–H groups in total. The largest absolute Gasteiger partial charge is 0.361 e. The molecule has 1 unspecified atom stereocenters. The number of nitrogens with one attached hydrogen (secondary N) is 1. The van der Waals surface area contributed by atoms with Gasteiger partial charge in [-0.25, -0.2) is 6.57 Å². The van der Waals surface area contributed by atoms with E-state index >= 15 is 0 Å². The van der Waals surface area contributed by atoms with Gasteiger partial charge >= 0.3 is 0 Å². The predicted molar refractivity (Wildman–Crippen MR) is 208 cm³/mol. The first-order valence-electron chi connectivity index (χ1n) is 19.4. The number of anilines is 2. The van der Waals surface area contributed by atoms with Crippen LogP contribution in [0, 0.1) is 33.3 Å². The van der Waals surface area contributed by atoms with Crippen molar-refractivity contribution in [3.8, 4) is 11.1 Å². The monoisotopic (exact) mass is 738 g/mol. The van der Waals surface area contributed by atoms with Crippen LogP contribution in [0.1, 0.15) is 93.8 Å². The Morgan fingerprint density at radius 2 is 1.67 bits per heavy atom. The summed E-state index contributed by atoms with van der Waals surface area (Å²) in [6, 6.07) is 19.7. The molecule has 4 aromatic rings. The van der Waals surface area contributed by atoms with Crippen molar-refractivity contribution in [3.63, 3.8) is 0 Å². The lowest BCUT2D eigenvalue weighted by Gasteiger charge is -2.36. The van der Waals surface area contributed by atoms with Gasteiger partial charge in [0.15, 0.2) is 0 Å². The van der Waals surface area contributed by atoms with Crippen LogP contribution in [0.3, 0.4) is 0 Å². The van der Waals surface area contributed by atoms with Gasteiger partial charge in [-0.2, -0.15) is 0 Å². The van der Waals surface area contributed by atoms with Crippen LogP contribution < -0.4 is 10.2 Å². The van der Waals surface area contributed by atoms with Gasteiger partial charge in [-0.1, -0.05) is 23.4 Å². The second kappa shape index (κ2) is 14.6. The average Bonchev–Trinajstić information content (AvgIpc) is 3.87. The first kappa shape index (κ1) is 36.4. The van der Waals surface area contributed by atoms with Crippen molar-refractivity contribution in [2.75, 3.05) is 31.1 Å². The summed E-state index contributed by atoms with van der Waals surface area (Å²) in [6.07, 6.45) is 5.93. The van der Waals surface area contributed by atoms with Gasteiger partial charge in [0.05, 0.1) is 16.8 Å². The van der Waals surface area contributed by atoms with E-state index in [2.05, 4.69) is 74.5 Å². The summed E-state index contributed by atoms with van der Waals surface area (Å²) >= 11 is 0. The molecule has 0 radical (unpaired) electrons. The Hall–Kier alpha value is -5.60. The van der Waals surface area contributed by atoms with Gasteiger partial charge in [-0.05, 0) is 138 Å². The molecule has 4 amide bonds. The van der Waals surface area contributed by atoms with E-state index in [1.54, 1.807) is 12.1 Å². The number of aromatic nitrogens is 1. The maximum atomic E-state index is 13.3. The number of imide groups is 2. The highest BCUT2D eigenvalue weighted by Crippen LogP contribution is 2.50. The maximum Gasteiger partial charge on any atom is 0.262 e. The van der Waals surface area contributed by atoms with Crippen molar-refractivity contribution in [3.05, 3.63) is 111 Å². The summed E-state index contributed by atoms with van der Waals surface area (Å²) in [4.78, 5) is 60.4. The molecule has 3 aliphatic heterocycles. The maximum absolute atomic E-state index is 13.3. The van der Waals surface area contributed by atoms with E-state index in [0.29, 0.717) is 17.0 Å². The van der Waals surface area contributed by atoms with Crippen LogP contribution in [0.25, 0.3) is 16.0 Å². The molecule has 11 heteroatoms. The van der Waals surface area contributed by atoms with Crippen LogP contribution in [-0.4, -0.2) is 70.8 Å². The average molecular weight is 739 g/mol. The van der Waals surface area contributed by atoms with Gasteiger partial charge in [0, 0.05) is 48.3 Å². The topological polar surface area (TPSA) is 120 Å². The number of carbonyl (C=O) groups is 4. The molecular weight excluding hydrogens is 693 g/mol. The van der Waals surface area contributed by atoms with Crippen LogP contribution in [0.5, 0.6) is 0 Å². The summed E-state index contributed by atoms with van der Waals surface area (Å²) in [5.74, 6) is -0.635. The second-order valence-electron chi connectivity index (χ2n) is 15.7. The van der Waals surface area contributed by atoms with E-state index in [4.69, 9.17) is 11.1 Å². The minimum Gasteiger partial charge on any atom is -0.361 e. The van der Waals surface area contributed by atoms with Crippen molar-refractivity contribution >= 4 is 35.0 Å². The zero-order valence-electron chi connectivity index (χ0n) is 31.7. The van der Waals surface area contributed by atoms with E-state index in [1.807, 2.05) is 19.9 Å². The molecule has 282 valence electrons. The molecule has 3 fully saturated rings. The fraction of sp³-hybridized carbons (Fsp3) is 0.409. The summed E-state index contributed by atoms with van der Waals surface area (Å²) < 4.78 is 5.53. The van der Waals surface area contributed by atoms with Crippen molar-refractivity contribution < 1.29 is 23.7 Å². The number of amides is 4. The molecule has 1 saturated carbocycles. The molecule has 1 aliphatic carbocycles. The van der Waals surface area contributed by atoms with Crippen LogP contribution in [-0.2, 0) is 21.5 Å². The third-order valence-corrected chi connectivity index (χ3v) is 12.1. The third kappa shape index (κ3) is 6.96. The number of hydrogen-bond acceptors (Lipinski definition) is 8. The quantitative estimate of drug-likeness (QED) is 0.128. The SMILES string of the molecule is [C-]#[N+]C1(c2ccc(N(CC3CCN(CCCc4ccc5c(c4)C(=O)N(C4CCC(=O)NC4=O)C5=O)CC3)c3cc(-c4c(C)noc4C)ccc3C)cc2)CC1. The second-order valence-corrected chi connectivity index (χ2v) is 15.7. The Kier molecular flexibility index (Phi) is 9.64. The lowest BCUT2D eigenvalue weighted by Crippen LogP contribution is -2.54. The Morgan fingerprint density at radius 1 is 0.927 bits per heavy atom. The van der Waals surface area contributed by atoms with E-state index in [1.165, 1.54) is 5.56 Å². The number of likely N-dealkylation sites (tertiary alicyclic amines) is 1. The van der Waals surface area contributed by atoms with E-state index in [0.717, 1.165) is 115 Å². The standard InChI is InChI=1S/C44H46N6O5/c1-27-7-9-32(40-28(2)47-55-29(40)3)25-38(27)49(34-12-10-33(11-13-34)44(45-4)19-20-44)26-31-17-22-48(23-18-31)21-5-6-30-8-14-35-36(24-30)43(54)50(42(35)53)37-15-16-39(51)46-41(37)52/h7-14,24-25,31,37H,5-6,15-23,26H2,1-3H3,(H,46,51,52). The fourth-order valence-electron chi connectivity index (χ4n) is 8.66. The van der Waals surface area contributed by atoms with Gasteiger partial charge in [0.2, 0.25) is 11.8 Å². The predicted octanol–water partition coefficient (Wildman–Crippen LogP) is 7.06. The zero-order chi connectivity index (χ0) is 38.4. The first-order chi connectivity index (χ1) is 26.5. The number of hydrogen-bond donors (Lipinski definition) is 1. The molecule has 55 heavy (non-hydrogen) atoms. The van der Waals surface area contributed by atoms with Crippen LogP contribution in [0.2, 0.25) is 0 Å². The number of carbonyl (C=O) groups excluding carboxylic acids is 4. The van der Waals surface area contributed by atoms with Crippen molar-refractivity contribution in [2.24, 2.45) is 5.92 Å². The number of nitrogens with zero attached hydrogens (tertiary/aromatic N) is 5. The van der Waals surface area contributed by atoms with Gasteiger partial charge < -0.3 is 19.2 Å². The summed E-state index contributed by atoms with van der Waals surface area (Å²) in [5, 5.41) is 6.46. The molecule has 0 bridgehead atoms. The summed E-state index contributed by atoms with van der Waals surface area (Å²) in [7, 11) is 0. The van der Waals surface area contributed by atoms with E-state index in [-0.39, 0.29) is 24.3 Å². The lowest BCUT2D eigenvalue weighted by atomic mass is 9.94. The minimum atomic E-state index is -0.961. The lowest BCUT2D eigenvalue weighted by molar-refractivity contribution is -0.136. The van der Waals surface area contributed by atoms with Gasteiger partial charge in [-0.3, -0.25) is 29.4 Å². The molecule has 4 aliphatic rings. The molecule has 0 spiro atoms. The molecule has 4 heterocycles. The Morgan fingerprint density at radius 3 is 2.35 bits per heavy atom. The molecule has 11 nitrogen and oxygen atoms in total. The van der Waals surface area contributed by atoms with Crippen molar-refractivity contribution in [1.82, 2.24) is 20.3 Å². The molecule has 1 aromatic heterocycles. The smallest absolute Gasteiger partial charge is 0.262 e. The van der Waals surface area contributed by atoms with Crippen LogP contribution in [0.15, 0.2) is 65.2 Å². The molecule has 1 atom stereocenters. The van der Waals surface area contributed by atoms with Crippen molar-refractivity contribution in [2.45, 2.75) is 83.7 Å². The van der Waals surface area contributed by atoms with Gasteiger partial charge in [0.25, 0.3) is 17.4 Å². The van der Waals surface area contributed by atoms with E-state index in [9.17, 15) is 19.2 Å². The number of piperidine rings is 2. The van der Waals surface area contributed by atoms with Crippen LogP contribution >= 0.6 is 0 Å². The van der Waals surface area contributed by atoms with Crippen LogP contribution in [0.4, 0.5) is 11.4 Å². The highest BCUT2D eigenvalue weighted by Gasteiger charge is 2.52. The number of aryl methyl sites for hydroxylation is 4. The Labute approximate surface area is 321 Å². The summed E-state index contributed by atoms with van der Waals surface area (Å²) in [6.45, 7) is 17.7. The highest BCUT2D eigenvalue weighted by atomic mass is 16.5. The van der Waals surface area contributed by atoms with Gasteiger partial charge in [0.1, 0.15) is 11.8 Å². The Balaban J connectivity index is 0.914.